The molecule has 0 spiro atoms. The lowest BCUT2D eigenvalue weighted by Crippen LogP contribution is -2.54. The first-order chi connectivity index (χ1) is 17.0. The highest BCUT2D eigenvalue weighted by atomic mass is 35.5. The van der Waals surface area contributed by atoms with E-state index in [0.29, 0.717) is 42.1 Å². The van der Waals surface area contributed by atoms with E-state index in [4.69, 9.17) is 30.5 Å². The molecule has 0 aliphatic carbocycles. The second-order valence-corrected chi connectivity index (χ2v) is 9.47. The average Bonchev–Trinajstić information content (AvgIpc) is 3.33. The first-order valence-corrected chi connectivity index (χ1v) is 12.3. The highest BCUT2D eigenvalue weighted by molar-refractivity contribution is 6.30. The van der Waals surface area contributed by atoms with Crippen molar-refractivity contribution >= 4 is 35.7 Å². The fourth-order valence-electron chi connectivity index (χ4n) is 4.97. The third kappa shape index (κ3) is 6.88. The summed E-state index contributed by atoms with van der Waals surface area (Å²) in [5, 5.41) is 6.75. The van der Waals surface area contributed by atoms with Gasteiger partial charge in [-0.25, -0.2) is 4.79 Å². The topological polar surface area (TPSA) is 81.3 Å². The summed E-state index contributed by atoms with van der Waals surface area (Å²) in [6.07, 6.45) is 3.33. The Morgan fingerprint density at radius 1 is 1.03 bits per heavy atom. The first-order valence-electron chi connectivity index (χ1n) is 11.9. The fraction of sp³-hybridized carbons (Fsp3) is 0.500. The van der Waals surface area contributed by atoms with Crippen molar-refractivity contribution < 1.29 is 23.7 Å². The minimum atomic E-state index is -0.294. The summed E-state index contributed by atoms with van der Waals surface area (Å²) >= 11 is 6.01. The number of rotatable bonds is 8. The molecular weight excluding hydrogens is 505 g/mol. The predicted molar refractivity (Wildman–Crippen MR) is 143 cm³/mol. The van der Waals surface area contributed by atoms with Crippen molar-refractivity contribution in [3.8, 4) is 17.2 Å². The van der Waals surface area contributed by atoms with Gasteiger partial charge in [0.15, 0.2) is 11.5 Å². The molecule has 0 unspecified atom stereocenters. The Morgan fingerprint density at radius 3 is 2.25 bits per heavy atom. The Labute approximate surface area is 224 Å². The van der Waals surface area contributed by atoms with E-state index >= 15 is 0 Å². The number of hydrogen-bond donors (Lipinski definition) is 2. The smallest absolute Gasteiger partial charge is 0.319 e. The van der Waals surface area contributed by atoms with Gasteiger partial charge in [-0.1, -0.05) is 23.7 Å². The summed E-state index contributed by atoms with van der Waals surface area (Å²) in [5.74, 6) is 2.09. The van der Waals surface area contributed by atoms with Gasteiger partial charge < -0.3 is 29.6 Å². The number of nitrogens with one attached hydrogen (secondary N) is 2. The molecule has 2 amide bonds. The Bertz CT molecular complexity index is 975. The summed E-state index contributed by atoms with van der Waals surface area (Å²) in [6, 6.07) is 11.4. The Kier molecular flexibility index (Phi) is 10.4. The number of benzene rings is 2. The molecule has 2 saturated heterocycles. The minimum Gasteiger partial charge on any atom is -0.493 e. The van der Waals surface area contributed by atoms with E-state index in [1.54, 1.807) is 33.5 Å². The molecule has 2 aliphatic rings. The molecule has 36 heavy (non-hydrogen) atoms. The molecule has 198 valence electrons. The maximum Gasteiger partial charge on any atom is 0.319 e. The molecule has 2 N–H and O–H groups in total. The SMILES string of the molecule is COc1cc(NC(=O)N[C@H]2COC[C@@H]2N2CCC(Cc3ccc(Cl)cc3)CC2)cc(OC)c1OC.Cl. The van der Waals surface area contributed by atoms with Gasteiger partial charge in [-0.05, 0) is 56.0 Å². The number of carbonyl (C=O) groups is 1. The van der Waals surface area contributed by atoms with Crippen LogP contribution in [0.5, 0.6) is 17.2 Å². The highest BCUT2D eigenvalue weighted by Crippen LogP contribution is 2.40. The zero-order valence-electron chi connectivity index (χ0n) is 20.9. The van der Waals surface area contributed by atoms with Crippen LogP contribution >= 0.6 is 24.0 Å². The number of carbonyl (C=O) groups excluding carboxylic acids is 1. The monoisotopic (exact) mass is 539 g/mol. The highest BCUT2D eigenvalue weighted by Gasteiger charge is 2.36. The van der Waals surface area contributed by atoms with E-state index < -0.39 is 0 Å². The van der Waals surface area contributed by atoms with Crippen LogP contribution in [0.3, 0.4) is 0 Å². The number of nitrogens with zero attached hydrogens (tertiary/aromatic N) is 1. The van der Waals surface area contributed by atoms with Crippen LogP contribution in [0.15, 0.2) is 36.4 Å². The third-order valence-electron chi connectivity index (χ3n) is 6.85. The van der Waals surface area contributed by atoms with Crippen molar-refractivity contribution in [3.63, 3.8) is 0 Å². The van der Waals surface area contributed by atoms with Gasteiger partial charge in [-0.2, -0.15) is 0 Å². The van der Waals surface area contributed by atoms with Gasteiger partial charge in [0, 0.05) is 17.2 Å². The maximum atomic E-state index is 12.8. The second kappa shape index (κ2) is 13.2. The number of urea groups is 1. The zero-order valence-corrected chi connectivity index (χ0v) is 22.5. The molecule has 0 aromatic heterocycles. The summed E-state index contributed by atoms with van der Waals surface area (Å²) in [4.78, 5) is 15.3. The molecule has 4 rings (SSSR count). The van der Waals surface area contributed by atoms with E-state index in [1.165, 1.54) is 5.56 Å². The van der Waals surface area contributed by atoms with Crippen molar-refractivity contribution in [1.82, 2.24) is 10.2 Å². The number of methoxy groups -OCH3 is 3. The molecule has 2 fully saturated rings. The van der Waals surface area contributed by atoms with Crippen LogP contribution < -0.4 is 24.8 Å². The molecule has 0 bridgehead atoms. The molecule has 10 heteroatoms. The predicted octanol–water partition coefficient (Wildman–Crippen LogP) is 4.63. The van der Waals surface area contributed by atoms with Crippen molar-refractivity contribution in [1.29, 1.82) is 0 Å². The molecule has 2 heterocycles. The number of hydrogen-bond acceptors (Lipinski definition) is 6. The minimum absolute atomic E-state index is 0. The Morgan fingerprint density at radius 2 is 1.67 bits per heavy atom. The largest absolute Gasteiger partial charge is 0.493 e. The van der Waals surface area contributed by atoms with Crippen LogP contribution in [0.2, 0.25) is 5.02 Å². The second-order valence-electron chi connectivity index (χ2n) is 9.03. The van der Waals surface area contributed by atoms with Crippen LogP contribution in [-0.2, 0) is 11.2 Å². The van der Waals surface area contributed by atoms with Gasteiger partial charge in [-0.15, -0.1) is 12.4 Å². The van der Waals surface area contributed by atoms with Gasteiger partial charge in [0.2, 0.25) is 5.75 Å². The van der Waals surface area contributed by atoms with Crippen molar-refractivity contribution in [3.05, 3.63) is 47.0 Å². The van der Waals surface area contributed by atoms with E-state index in [1.807, 2.05) is 12.1 Å². The zero-order chi connectivity index (χ0) is 24.8. The summed E-state index contributed by atoms with van der Waals surface area (Å²) < 4.78 is 21.9. The summed E-state index contributed by atoms with van der Waals surface area (Å²) in [5.41, 5.74) is 1.88. The molecule has 2 aromatic rings. The number of piperidine rings is 1. The van der Waals surface area contributed by atoms with Crippen molar-refractivity contribution in [2.45, 2.75) is 31.3 Å². The van der Waals surface area contributed by atoms with Crippen LogP contribution in [0, 0.1) is 5.92 Å². The van der Waals surface area contributed by atoms with Gasteiger partial charge in [-0.3, -0.25) is 4.90 Å². The third-order valence-corrected chi connectivity index (χ3v) is 7.10. The lowest BCUT2D eigenvalue weighted by molar-refractivity contribution is 0.106. The lowest BCUT2D eigenvalue weighted by Gasteiger charge is -2.37. The molecule has 2 aromatic carbocycles. The number of halogens is 2. The normalized spacial score (nSPS) is 20.3. The first kappa shape index (κ1) is 28.2. The standard InChI is InChI=1S/C26H34ClN3O5.ClH/c1-32-23-13-20(14-24(33-2)25(23)34-3)28-26(31)29-21-15-35-16-22(21)30-10-8-18(9-11-30)12-17-4-6-19(27)7-5-17;/h4-7,13-14,18,21-22H,8-12,15-16H2,1-3H3,(H2,28,29,31);1H/t21-,22-;/m0./s1. The van der Waals surface area contributed by atoms with E-state index in [0.717, 1.165) is 37.4 Å². The van der Waals surface area contributed by atoms with E-state index in [2.05, 4.69) is 27.7 Å². The van der Waals surface area contributed by atoms with Crippen LogP contribution in [-0.4, -0.2) is 70.6 Å². The van der Waals surface area contributed by atoms with Crippen molar-refractivity contribution in [2.75, 3.05) is 52.9 Å². The van der Waals surface area contributed by atoms with E-state index in [-0.39, 0.29) is 30.5 Å². The molecule has 0 radical (unpaired) electrons. The Hall–Kier alpha value is -2.39. The molecule has 2 atom stereocenters. The fourth-order valence-corrected chi connectivity index (χ4v) is 5.10. The number of likely N-dealkylation sites (tertiary alicyclic amines) is 1. The Balaban J connectivity index is 0.00000361. The van der Waals surface area contributed by atoms with Crippen molar-refractivity contribution in [2.24, 2.45) is 5.92 Å². The lowest BCUT2D eigenvalue weighted by atomic mass is 9.89. The van der Waals surface area contributed by atoms with E-state index in [9.17, 15) is 4.79 Å². The van der Waals surface area contributed by atoms with Gasteiger partial charge >= 0.3 is 6.03 Å². The quantitative estimate of drug-likeness (QED) is 0.508. The van der Waals surface area contributed by atoms with Crippen LogP contribution in [0.25, 0.3) is 0 Å². The molecule has 8 nitrogen and oxygen atoms in total. The summed E-state index contributed by atoms with van der Waals surface area (Å²) in [6.45, 7) is 3.12. The van der Waals surface area contributed by atoms with Gasteiger partial charge in [0.05, 0.1) is 52.3 Å². The molecular formula is C26H35Cl2N3O5. The molecule has 0 saturated carbocycles. The molecule has 2 aliphatic heterocycles. The number of ether oxygens (including phenoxy) is 4. The number of amides is 2. The average molecular weight is 540 g/mol. The van der Waals surface area contributed by atoms with Crippen LogP contribution in [0.1, 0.15) is 18.4 Å². The number of anilines is 1. The van der Waals surface area contributed by atoms with Crippen LogP contribution in [0.4, 0.5) is 10.5 Å². The van der Waals surface area contributed by atoms with Gasteiger partial charge in [0.25, 0.3) is 0 Å². The maximum absolute atomic E-state index is 12.8. The van der Waals surface area contributed by atoms with Gasteiger partial charge in [0.1, 0.15) is 0 Å². The summed E-state index contributed by atoms with van der Waals surface area (Å²) in [7, 11) is 4.63.